The van der Waals surface area contributed by atoms with Gasteiger partial charge in [0.15, 0.2) is 11.4 Å². The van der Waals surface area contributed by atoms with Crippen molar-refractivity contribution in [3.8, 4) is 0 Å². The molecule has 1 aromatic carbocycles. The Morgan fingerprint density at radius 2 is 2.17 bits per heavy atom. The molecule has 3 heterocycles. The molecule has 2 aromatic rings. The van der Waals surface area contributed by atoms with Crippen LogP contribution in [0.2, 0.25) is 0 Å². The number of carbonyl (C=O) groups excluding carboxylic acids is 2. The fraction of sp³-hybridized carbons (Fsp3) is 0.438. The van der Waals surface area contributed by atoms with Crippen molar-refractivity contribution in [3.05, 3.63) is 23.8 Å². The molecule has 0 atom stereocenters. The summed E-state index contributed by atoms with van der Waals surface area (Å²) in [7, 11) is 2.12. The molecule has 1 N–H and O–H groups in total. The van der Waals surface area contributed by atoms with Crippen molar-refractivity contribution in [1.82, 2.24) is 15.4 Å². The van der Waals surface area contributed by atoms with E-state index in [2.05, 4.69) is 28.5 Å². The summed E-state index contributed by atoms with van der Waals surface area (Å²) in [4.78, 5) is 27.1. The molecule has 0 bridgehead atoms. The third-order valence-electron chi connectivity index (χ3n) is 4.49. The molecule has 3 amide bonds. The second-order valence-electron chi connectivity index (χ2n) is 6.38. The Balaban J connectivity index is 1.62. The van der Waals surface area contributed by atoms with Gasteiger partial charge in [-0.1, -0.05) is 11.2 Å². The van der Waals surface area contributed by atoms with E-state index in [0.29, 0.717) is 23.9 Å². The van der Waals surface area contributed by atoms with Crippen LogP contribution in [-0.4, -0.2) is 48.7 Å². The molecule has 0 aliphatic carbocycles. The molecule has 2 aliphatic rings. The van der Waals surface area contributed by atoms with Gasteiger partial charge in [0.1, 0.15) is 0 Å². The molecule has 0 saturated carbocycles. The monoisotopic (exact) mass is 314 g/mol. The van der Waals surface area contributed by atoms with Crippen molar-refractivity contribution in [1.29, 1.82) is 0 Å². The first-order valence-corrected chi connectivity index (χ1v) is 7.78. The maximum Gasteiger partial charge on any atom is 0.329 e. The summed E-state index contributed by atoms with van der Waals surface area (Å²) in [6, 6.07) is 5.55. The van der Waals surface area contributed by atoms with Gasteiger partial charge >= 0.3 is 6.03 Å². The third kappa shape index (κ3) is 2.57. The fourth-order valence-electron chi connectivity index (χ4n) is 3.35. The molecule has 1 aromatic heterocycles. The fourth-order valence-corrected chi connectivity index (χ4v) is 3.35. The molecular weight excluding hydrogens is 296 g/mol. The summed E-state index contributed by atoms with van der Waals surface area (Å²) >= 11 is 0. The number of benzene rings is 1. The van der Waals surface area contributed by atoms with Gasteiger partial charge in [0, 0.05) is 26.1 Å². The highest BCUT2D eigenvalue weighted by atomic mass is 16.5. The molecule has 7 nitrogen and oxygen atoms in total. The normalized spacial score (nSPS) is 20.0. The third-order valence-corrected chi connectivity index (χ3v) is 4.49. The SMILES string of the molecule is CN1CC(Cc2ccc3onc(N4CCC(=O)NC4=O)c3c2)C1. The van der Waals surface area contributed by atoms with Crippen molar-refractivity contribution in [3.63, 3.8) is 0 Å². The van der Waals surface area contributed by atoms with Crippen LogP contribution in [0.3, 0.4) is 0 Å². The number of urea groups is 1. The number of likely N-dealkylation sites (tertiary alicyclic amines) is 1. The number of hydrogen-bond acceptors (Lipinski definition) is 5. The highest BCUT2D eigenvalue weighted by Gasteiger charge is 2.28. The van der Waals surface area contributed by atoms with Gasteiger partial charge in [-0.2, -0.15) is 0 Å². The summed E-state index contributed by atoms with van der Waals surface area (Å²) in [6.45, 7) is 2.56. The van der Waals surface area contributed by atoms with Crippen molar-refractivity contribution in [2.75, 3.05) is 31.6 Å². The number of nitrogens with one attached hydrogen (secondary N) is 1. The number of fused-ring (bicyclic) bond motifs is 1. The van der Waals surface area contributed by atoms with Gasteiger partial charge in [-0.15, -0.1) is 0 Å². The largest absolute Gasteiger partial charge is 0.354 e. The molecule has 0 unspecified atom stereocenters. The average Bonchev–Trinajstić information content (AvgIpc) is 2.89. The summed E-state index contributed by atoms with van der Waals surface area (Å²) in [5.41, 5.74) is 1.87. The van der Waals surface area contributed by atoms with E-state index < -0.39 is 6.03 Å². The number of carbonyl (C=O) groups is 2. The minimum Gasteiger partial charge on any atom is -0.354 e. The molecule has 2 saturated heterocycles. The van der Waals surface area contributed by atoms with Crippen molar-refractivity contribution in [2.24, 2.45) is 5.92 Å². The lowest BCUT2D eigenvalue weighted by atomic mass is 9.92. The van der Waals surface area contributed by atoms with Gasteiger partial charge in [0.2, 0.25) is 5.91 Å². The molecule has 0 radical (unpaired) electrons. The van der Waals surface area contributed by atoms with Crippen LogP contribution in [-0.2, 0) is 11.2 Å². The van der Waals surface area contributed by atoms with Crippen LogP contribution in [0.1, 0.15) is 12.0 Å². The highest BCUT2D eigenvalue weighted by Crippen LogP contribution is 2.29. The van der Waals surface area contributed by atoms with Crippen LogP contribution in [0, 0.1) is 5.92 Å². The summed E-state index contributed by atoms with van der Waals surface area (Å²) in [5, 5.41) is 7.16. The van der Waals surface area contributed by atoms with Gasteiger partial charge in [-0.05, 0) is 37.1 Å². The zero-order valence-electron chi connectivity index (χ0n) is 12.9. The number of rotatable bonds is 3. The first-order valence-electron chi connectivity index (χ1n) is 7.78. The summed E-state index contributed by atoms with van der Waals surface area (Å²) in [5.74, 6) is 0.906. The van der Waals surface area contributed by atoms with Gasteiger partial charge in [0.05, 0.1) is 5.39 Å². The Labute approximate surface area is 133 Å². The zero-order valence-corrected chi connectivity index (χ0v) is 12.9. The molecule has 4 rings (SSSR count). The maximum absolute atomic E-state index is 12.0. The van der Waals surface area contributed by atoms with E-state index in [0.717, 1.165) is 24.9 Å². The Bertz CT molecular complexity index is 779. The predicted octanol–water partition coefficient (Wildman–Crippen LogP) is 1.38. The second kappa shape index (κ2) is 5.34. The second-order valence-corrected chi connectivity index (χ2v) is 6.38. The molecular formula is C16H18N4O3. The van der Waals surface area contributed by atoms with E-state index in [1.165, 1.54) is 10.5 Å². The zero-order chi connectivity index (χ0) is 16.0. The quantitative estimate of drug-likeness (QED) is 0.926. The lowest BCUT2D eigenvalue weighted by Crippen LogP contribution is -2.49. The van der Waals surface area contributed by atoms with Crippen LogP contribution < -0.4 is 10.2 Å². The number of imide groups is 1. The Kier molecular flexibility index (Phi) is 3.30. The van der Waals surface area contributed by atoms with Crippen molar-refractivity contribution in [2.45, 2.75) is 12.8 Å². The van der Waals surface area contributed by atoms with E-state index in [1.807, 2.05) is 12.1 Å². The maximum atomic E-state index is 12.0. The first-order chi connectivity index (χ1) is 11.1. The Morgan fingerprint density at radius 3 is 2.91 bits per heavy atom. The van der Waals surface area contributed by atoms with E-state index >= 15 is 0 Å². The molecule has 2 fully saturated rings. The smallest absolute Gasteiger partial charge is 0.329 e. The predicted molar refractivity (Wildman–Crippen MR) is 84.2 cm³/mol. The molecule has 2 aliphatic heterocycles. The van der Waals surface area contributed by atoms with E-state index in [-0.39, 0.29) is 12.3 Å². The molecule has 23 heavy (non-hydrogen) atoms. The van der Waals surface area contributed by atoms with Gasteiger partial charge in [0.25, 0.3) is 0 Å². The van der Waals surface area contributed by atoms with Gasteiger partial charge in [-0.25, -0.2) is 4.79 Å². The van der Waals surface area contributed by atoms with Crippen LogP contribution in [0.25, 0.3) is 11.0 Å². The number of amides is 3. The number of nitrogens with zero attached hydrogens (tertiary/aromatic N) is 3. The molecule has 0 spiro atoms. The standard InChI is InChI=1S/C16H18N4O3/c1-19-8-11(9-19)6-10-2-3-13-12(7-10)15(18-23-13)20-5-4-14(21)17-16(20)22/h2-3,7,11H,4-6,8-9H2,1H3,(H,17,21,22). The Morgan fingerprint density at radius 1 is 1.35 bits per heavy atom. The van der Waals surface area contributed by atoms with Gasteiger partial charge < -0.3 is 9.42 Å². The minimum atomic E-state index is -0.442. The highest BCUT2D eigenvalue weighted by molar-refractivity contribution is 6.08. The van der Waals surface area contributed by atoms with Crippen molar-refractivity contribution < 1.29 is 14.1 Å². The number of aromatic nitrogens is 1. The van der Waals surface area contributed by atoms with Crippen molar-refractivity contribution >= 4 is 28.7 Å². The topological polar surface area (TPSA) is 78.7 Å². The Hall–Kier alpha value is -2.41. The minimum absolute atomic E-state index is 0.256. The van der Waals surface area contributed by atoms with E-state index in [4.69, 9.17) is 4.52 Å². The number of hydrogen-bond donors (Lipinski definition) is 1. The average molecular weight is 314 g/mol. The van der Waals surface area contributed by atoms with E-state index in [9.17, 15) is 9.59 Å². The molecule has 120 valence electrons. The lowest BCUT2D eigenvalue weighted by Gasteiger charge is -2.36. The molecule has 7 heteroatoms. The lowest BCUT2D eigenvalue weighted by molar-refractivity contribution is -0.120. The van der Waals surface area contributed by atoms with E-state index in [1.54, 1.807) is 0 Å². The summed E-state index contributed by atoms with van der Waals surface area (Å²) < 4.78 is 5.33. The summed E-state index contributed by atoms with van der Waals surface area (Å²) in [6.07, 6.45) is 1.28. The van der Waals surface area contributed by atoms with Crippen LogP contribution in [0.15, 0.2) is 22.7 Å². The number of anilines is 1. The van der Waals surface area contributed by atoms with Crippen LogP contribution in [0.5, 0.6) is 0 Å². The van der Waals surface area contributed by atoms with Gasteiger partial charge in [-0.3, -0.25) is 15.0 Å². The van der Waals surface area contributed by atoms with Crippen LogP contribution >= 0.6 is 0 Å². The first kappa shape index (κ1) is 14.2. The van der Waals surface area contributed by atoms with Crippen LogP contribution in [0.4, 0.5) is 10.6 Å².